The van der Waals surface area contributed by atoms with Crippen LogP contribution in [0.2, 0.25) is 0 Å². The van der Waals surface area contributed by atoms with Gasteiger partial charge in [-0.25, -0.2) is 0 Å². The Labute approximate surface area is 152 Å². The van der Waals surface area contributed by atoms with Crippen molar-refractivity contribution in [3.63, 3.8) is 0 Å². The van der Waals surface area contributed by atoms with Crippen LogP contribution in [-0.2, 0) is 0 Å². The summed E-state index contributed by atoms with van der Waals surface area (Å²) in [6.07, 6.45) is 1.79. The van der Waals surface area contributed by atoms with Crippen LogP contribution in [0.5, 0.6) is 0 Å². The number of aromatic nitrogens is 3. The molecule has 0 radical (unpaired) electrons. The van der Waals surface area contributed by atoms with Crippen molar-refractivity contribution in [2.75, 3.05) is 0 Å². The lowest BCUT2D eigenvalue weighted by atomic mass is 10.1. The second-order valence-corrected chi connectivity index (χ2v) is 5.86. The summed E-state index contributed by atoms with van der Waals surface area (Å²) in [5.74, 6) is 6.56. The van der Waals surface area contributed by atoms with Gasteiger partial charge < -0.3 is 0 Å². The fourth-order valence-corrected chi connectivity index (χ4v) is 2.72. The number of hydrogen-bond acceptors (Lipinski definition) is 2. The summed E-state index contributed by atoms with van der Waals surface area (Å²) in [6.45, 7) is 0. The number of benzene rings is 3. The normalized spacial score (nSPS) is 11.4. The van der Waals surface area contributed by atoms with Crippen LogP contribution in [-0.4, -0.2) is 15.0 Å². The lowest BCUT2D eigenvalue weighted by molar-refractivity contribution is 0.544. The number of nitrogens with zero attached hydrogens (tertiary/aromatic N) is 3. The van der Waals surface area contributed by atoms with E-state index in [0.717, 1.165) is 22.4 Å². The molecule has 0 aliphatic carbocycles. The molecule has 3 nitrogen and oxygen atoms in total. The molecule has 4 rings (SSSR count). The van der Waals surface area contributed by atoms with Crippen LogP contribution in [0.1, 0.15) is 17.2 Å². The van der Waals surface area contributed by atoms with Crippen molar-refractivity contribution in [1.82, 2.24) is 15.0 Å². The second kappa shape index (κ2) is 7.50. The average molecular weight is 335 g/mol. The third kappa shape index (κ3) is 3.55. The molecule has 1 atom stereocenters. The summed E-state index contributed by atoms with van der Waals surface area (Å²) in [4.78, 5) is 1.69. The van der Waals surface area contributed by atoms with Crippen LogP contribution in [0, 0.1) is 11.8 Å². The highest BCUT2D eigenvalue weighted by atomic mass is 15.5. The van der Waals surface area contributed by atoms with Crippen molar-refractivity contribution in [2.24, 2.45) is 0 Å². The van der Waals surface area contributed by atoms with Gasteiger partial charge in [-0.1, -0.05) is 90.7 Å². The number of hydrogen-bond donors (Lipinski definition) is 0. The molecule has 0 amide bonds. The van der Waals surface area contributed by atoms with Crippen molar-refractivity contribution in [3.05, 3.63) is 108 Å². The molecule has 1 aromatic heterocycles. The predicted octanol–water partition coefficient (Wildman–Crippen LogP) is 4.59. The first kappa shape index (κ1) is 15.9. The van der Waals surface area contributed by atoms with Gasteiger partial charge in [0.25, 0.3) is 0 Å². The molecule has 3 aromatic carbocycles. The van der Waals surface area contributed by atoms with Gasteiger partial charge in [0.2, 0.25) is 0 Å². The molecule has 1 unspecified atom stereocenters. The Morgan fingerprint density at radius 1 is 0.731 bits per heavy atom. The van der Waals surface area contributed by atoms with Crippen molar-refractivity contribution < 1.29 is 0 Å². The van der Waals surface area contributed by atoms with E-state index in [1.165, 1.54) is 0 Å². The first-order valence-electron chi connectivity index (χ1n) is 8.49. The number of rotatable bonds is 3. The zero-order chi connectivity index (χ0) is 17.6. The summed E-state index contributed by atoms with van der Waals surface area (Å²) in [5, 5.41) is 9.16. The van der Waals surface area contributed by atoms with Crippen LogP contribution in [0.15, 0.2) is 97.2 Å². The Hall–Kier alpha value is -3.64. The molecule has 124 valence electrons. The fraction of sp³-hybridized carbons (Fsp3) is 0.0435. The molecule has 0 saturated heterocycles. The van der Waals surface area contributed by atoms with Crippen molar-refractivity contribution in [2.45, 2.75) is 6.04 Å². The summed E-state index contributed by atoms with van der Waals surface area (Å²) >= 11 is 0. The minimum atomic E-state index is -0.242. The molecule has 0 aliphatic rings. The molecule has 0 N–H and O–H groups in total. The topological polar surface area (TPSA) is 30.7 Å². The van der Waals surface area contributed by atoms with Crippen LogP contribution >= 0.6 is 0 Å². The molecular formula is C23H17N3. The van der Waals surface area contributed by atoms with E-state index >= 15 is 0 Å². The highest BCUT2D eigenvalue weighted by Crippen LogP contribution is 2.20. The van der Waals surface area contributed by atoms with Gasteiger partial charge in [-0.05, 0) is 17.7 Å². The zero-order valence-corrected chi connectivity index (χ0v) is 14.2. The molecule has 3 heteroatoms. The smallest absolute Gasteiger partial charge is 0.157 e. The van der Waals surface area contributed by atoms with E-state index in [1.54, 1.807) is 11.0 Å². The van der Waals surface area contributed by atoms with Gasteiger partial charge in [0.15, 0.2) is 6.04 Å². The Balaban J connectivity index is 1.72. The Bertz CT molecular complexity index is 1030. The first-order chi connectivity index (χ1) is 12.9. The van der Waals surface area contributed by atoms with Gasteiger partial charge in [-0.3, -0.25) is 0 Å². The third-order valence-electron chi connectivity index (χ3n) is 4.05. The second-order valence-electron chi connectivity index (χ2n) is 5.86. The van der Waals surface area contributed by atoms with E-state index in [4.69, 9.17) is 0 Å². The van der Waals surface area contributed by atoms with Gasteiger partial charge in [0.05, 0.1) is 6.20 Å². The molecule has 0 saturated carbocycles. The maximum absolute atomic E-state index is 4.67. The highest BCUT2D eigenvalue weighted by Gasteiger charge is 2.14. The van der Waals surface area contributed by atoms with Crippen LogP contribution in [0.25, 0.3) is 11.3 Å². The van der Waals surface area contributed by atoms with Gasteiger partial charge in [0.1, 0.15) is 5.69 Å². The SMILES string of the molecule is C(#CC(c1ccccc1)n1ncc(-c2ccccc2)n1)c1ccccc1. The van der Waals surface area contributed by atoms with E-state index in [9.17, 15) is 0 Å². The third-order valence-corrected chi connectivity index (χ3v) is 4.05. The molecule has 0 spiro atoms. The van der Waals surface area contributed by atoms with Crippen molar-refractivity contribution in [1.29, 1.82) is 0 Å². The zero-order valence-electron chi connectivity index (χ0n) is 14.2. The van der Waals surface area contributed by atoms with Gasteiger partial charge in [0, 0.05) is 11.1 Å². The van der Waals surface area contributed by atoms with E-state index in [2.05, 4.69) is 34.2 Å². The molecule has 4 aromatic rings. The lowest BCUT2D eigenvalue weighted by Crippen LogP contribution is -2.12. The average Bonchev–Trinajstić information content (AvgIpc) is 3.20. The maximum Gasteiger partial charge on any atom is 0.157 e. The Morgan fingerprint density at radius 3 is 2.04 bits per heavy atom. The minimum Gasteiger partial charge on any atom is -0.164 e. The van der Waals surface area contributed by atoms with Crippen LogP contribution < -0.4 is 0 Å². The van der Waals surface area contributed by atoms with Crippen LogP contribution in [0.3, 0.4) is 0 Å². The summed E-state index contributed by atoms with van der Waals surface area (Å²) in [6, 6.07) is 29.9. The van der Waals surface area contributed by atoms with Gasteiger partial charge >= 0.3 is 0 Å². The van der Waals surface area contributed by atoms with Crippen molar-refractivity contribution in [3.8, 4) is 23.1 Å². The Morgan fingerprint density at radius 2 is 1.35 bits per heavy atom. The van der Waals surface area contributed by atoms with Crippen molar-refractivity contribution >= 4 is 0 Å². The molecule has 1 heterocycles. The van der Waals surface area contributed by atoms with E-state index < -0.39 is 0 Å². The standard InChI is InChI=1S/C23H17N3/c1-4-10-19(11-5-1)16-17-23(21-14-8-3-9-15-21)26-24-18-22(25-26)20-12-6-2-7-13-20/h1-15,18,23H. The lowest BCUT2D eigenvalue weighted by Gasteiger charge is -2.10. The van der Waals surface area contributed by atoms with E-state index in [1.807, 2.05) is 78.9 Å². The largest absolute Gasteiger partial charge is 0.164 e. The predicted molar refractivity (Wildman–Crippen MR) is 103 cm³/mol. The Kier molecular flexibility index (Phi) is 4.58. The summed E-state index contributed by atoms with van der Waals surface area (Å²) in [5.41, 5.74) is 3.92. The monoisotopic (exact) mass is 335 g/mol. The van der Waals surface area contributed by atoms with Gasteiger partial charge in [-0.15, -0.1) is 0 Å². The quantitative estimate of drug-likeness (QED) is 0.513. The fourth-order valence-electron chi connectivity index (χ4n) is 2.72. The molecule has 0 aliphatic heterocycles. The minimum absolute atomic E-state index is 0.242. The molecule has 0 bridgehead atoms. The van der Waals surface area contributed by atoms with Crippen LogP contribution in [0.4, 0.5) is 0 Å². The highest BCUT2D eigenvalue weighted by molar-refractivity contribution is 5.57. The van der Waals surface area contributed by atoms with E-state index in [-0.39, 0.29) is 6.04 Å². The summed E-state index contributed by atoms with van der Waals surface area (Å²) < 4.78 is 0. The first-order valence-corrected chi connectivity index (χ1v) is 8.49. The molecule has 26 heavy (non-hydrogen) atoms. The van der Waals surface area contributed by atoms with Gasteiger partial charge in [-0.2, -0.15) is 15.0 Å². The molecule has 0 fully saturated rings. The summed E-state index contributed by atoms with van der Waals surface area (Å²) in [7, 11) is 0. The maximum atomic E-state index is 4.67. The van der Waals surface area contributed by atoms with E-state index in [0.29, 0.717) is 0 Å². The molecular weight excluding hydrogens is 318 g/mol.